The van der Waals surface area contributed by atoms with Gasteiger partial charge in [0, 0.05) is 33.5 Å². The fraction of sp³-hybridized carbons (Fsp3) is 0.446. The van der Waals surface area contributed by atoms with Gasteiger partial charge in [0.2, 0.25) is 0 Å². The Morgan fingerprint density at radius 3 is 1.79 bits per heavy atom. The van der Waals surface area contributed by atoms with Crippen LogP contribution in [0.5, 0.6) is 23.0 Å². The van der Waals surface area contributed by atoms with Crippen LogP contribution in [-0.4, -0.2) is 58.6 Å². The second-order valence-electron chi connectivity index (χ2n) is 21.7. The van der Waals surface area contributed by atoms with E-state index in [4.69, 9.17) is 43.5 Å². The van der Waals surface area contributed by atoms with Crippen LogP contribution in [0.3, 0.4) is 0 Å². The van der Waals surface area contributed by atoms with E-state index in [1.807, 2.05) is 111 Å². The first-order valence-corrected chi connectivity index (χ1v) is 25.1. The van der Waals surface area contributed by atoms with Gasteiger partial charge in [0.1, 0.15) is 23.9 Å². The second kappa shape index (κ2) is 18.0. The first-order chi connectivity index (χ1) is 31.2. The number of hydrogen-bond donors (Lipinski definition) is 0. The monoisotopic (exact) mass is 929 g/mol. The zero-order valence-electron chi connectivity index (χ0n) is 42.1. The molecule has 0 aromatic heterocycles. The van der Waals surface area contributed by atoms with Gasteiger partial charge >= 0.3 is 8.80 Å². The van der Waals surface area contributed by atoms with Gasteiger partial charge in [-0.15, -0.1) is 0 Å². The zero-order valence-corrected chi connectivity index (χ0v) is 43.1. The van der Waals surface area contributed by atoms with Crippen LogP contribution < -0.4 is 18.9 Å². The highest BCUT2D eigenvalue weighted by atomic mass is 28.4. The predicted molar refractivity (Wildman–Crippen MR) is 267 cm³/mol. The number of fused-ring (bicyclic) bond motifs is 8. The van der Waals surface area contributed by atoms with Crippen LogP contribution in [0.15, 0.2) is 84.9 Å². The van der Waals surface area contributed by atoms with Gasteiger partial charge in [-0.25, -0.2) is 9.24 Å². The van der Waals surface area contributed by atoms with Crippen molar-refractivity contribution < 1.29 is 41.4 Å². The number of methoxy groups -OCH3 is 2. The Kier molecular flexibility index (Phi) is 13.4. The number of rotatable bonds is 15. The molecule has 1 aliphatic heterocycles. The molecule has 7 rings (SSSR count). The molecule has 1 atom stereocenters. The third-order valence-electron chi connectivity index (χ3n) is 12.1. The zero-order chi connectivity index (χ0) is 49.0. The molecule has 0 fully saturated rings. The topological polar surface area (TPSA) is 78.2 Å². The Morgan fingerprint density at radius 2 is 1.25 bits per heavy atom. The fourth-order valence-electron chi connectivity index (χ4n) is 9.46. The van der Waals surface area contributed by atoms with Crippen molar-refractivity contribution >= 4 is 31.3 Å². The maximum absolute atomic E-state index is 14.6. The van der Waals surface area contributed by atoms with Crippen LogP contribution in [0.4, 0.5) is 10.1 Å². The number of benzene rings is 5. The van der Waals surface area contributed by atoms with E-state index in [2.05, 4.69) is 50.8 Å². The van der Waals surface area contributed by atoms with Gasteiger partial charge in [-0.1, -0.05) is 62.4 Å². The lowest BCUT2D eigenvalue weighted by Crippen LogP contribution is -2.57. The van der Waals surface area contributed by atoms with Crippen LogP contribution >= 0.6 is 0 Å². The van der Waals surface area contributed by atoms with E-state index in [0.717, 1.165) is 49.7 Å². The van der Waals surface area contributed by atoms with Crippen molar-refractivity contribution in [3.63, 3.8) is 0 Å². The Bertz CT molecular complexity index is 2660. The van der Waals surface area contributed by atoms with E-state index < -0.39 is 42.2 Å². The van der Waals surface area contributed by atoms with Crippen LogP contribution in [-0.2, 0) is 29.0 Å². The largest absolute Gasteiger partial charge is 0.502 e. The van der Waals surface area contributed by atoms with Gasteiger partial charge < -0.3 is 37.0 Å². The molecule has 0 spiro atoms. The molecule has 67 heavy (non-hydrogen) atoms. The quantitative estimate of drug-likeness (QED) is 0.0584. The highest BCUT2D eigenvalue weighted by Crippen LogP contribution is 2.59. The molecular weight excluding hydrogens is 862 g/mol. The lowest BCUT2D eigenvalue weighted by atomic mass is 9.76. The van der Waals surface area contributed by atoms with E-state index in [-0.39, 0.29) is 5.82 Å². The number of nitrogens with zero attached hydrogens (tertiary/aromatic N) is 1. The maximum atomic E-state index is 14.6. The van der Waals surface area contributed by atoms with Crippen molar-refractivity contribution in [2.24, 2.45) is 0 Å². The van der Waals surface area contributed by atoms with Crippen LogP contribution in [0.2, 0.25) is 6.04 Å². The van der Waals surface area contributed by atoms with Crippen molar-refractivity contribution in [2.45, 2.75) is 136 Å². The van der Waals surface area contributed by atoms with E-state index in [9.17, 15) is 4.39 Å². The van der Waals surface area contributed by atoms with E-state index in [1.165, 1.54) is 12.1 Å². The SMILES string of the molecule is [C-]#[N+]c1ccc2c(c1)C(C)(C)c1c3c(c4cc(OC)c(OC)cc4c1-2)OC(c1ccc(F)cc1)(c1ccc(OCCOC(C)(C)CC[Si](OC(C)(C)C)(OC(C)(C)C)OC(C)(C)C)cc1)C=C3. The van der Waals surface area contributed by atoms with Crippen LogP contribution in [0.1, 0.15) is 124 Å². The minimum absolute atomic E-state index is 0.325. The number of ether oxygens (including phenoxy) is 5. The maximum Gasteiger partial charge on any atom is 0.502 e. The molecule has 9 nitrogen and oxygen atoms in total. The Hall–Kier alpha value is -5.22. The normalized spacial score (nSPS) is 16.8. The molecule has 0 radical (unpaired) electrons. The Balaban J connectivity index is 1.17. The number of hydrogen-bond acceptors (Lipinski definition) is 8. The van der Waals surface area contributed by atoms with Gasteiger partial charge in [-0.05, 0) is 153 Å². The van der Waals surface area contributed by atoms with Crippen molar-refractivity contribution in [1.29, 1.82) is 0 Å². The molecule has 0 saturated carbocycles. The van der Waals surface area contributed by atoms with Gasteiger partial charge in [-0.2, -0.15) is 0 Å². The second-order valence-corrected chi connectivity index (χ2v) is 24.2. The fourth-order valence-corrected chi connectivity index (χ4v) is 13.6. The standard InChI is InChI=1S/C56H68FNO8Si/c1-51(2,3)64-67(65-52(4,5)6,66-53(7,8)9)32-29-54(10,11)62-31-30-61-40-24-19-37(20-25-40)56(36-17-21-38(57)22-18-36)28-27-42-49-48(41-26-23-39(58-14)33-45(41)55(49,12)13)43-34-46(59-15)47(60-16)35-44(43)50(42)63-56/h17-28,33-35H,29-32H2,1-13,15-16H3. The molecular formula is C56H68FNO8Si. The lowest BCUT2D eigenvalue weighted by molar-refractivity contribution is -0.0823. The molecule has 0 saturated heterocycles. The molecule has 5 aromatic carbocycles. The summed E-state index contributed by atoms with van der Waals surface area (Å²) >= 11 is 0. The molecule has 1 aliphatic carbocycles. The van der Waals surface area contributed by atoms with E-state index >= 15 is 0 Å². The van der Waals surface area contributed by atoms with Gasteiger partial charge in [0.25, 0.3) is 0 Å². The minimum atomic E-state index is -3.20. The van der Waals surface area contributed by atoms with Gasteiger partial charge in [0.05, 0.1) is 49.8 Å². The summed E-state index contributed by atoms with van der Waals surface area (Å²) in [6.45, 7) is 35.3. The third-order valence-corrected chi connectivity index (χ3v) is 15.7. The summed E-state index contributed by atoms with van der Waals surface area (Å²) in [6.07, 6.45) is 4.86. The summed E-state index contributed by atoms with van der Waals surface area (Å²) in [5, 5.41) is 1.77. The van der Waals surface area contributed by atoms with Crippen molar-refractivity contribution in [2.75, 3.05) is 27.4 Å². The average molecular weight is 930 g/mol. The van der Waals surface area contributed by atoms with Crippen molar-refractivity contribution in [3.05, 3.63) is 130 Å². The van der Waals surface area contributed by atoms with Crippen molar-refractivity contribution in [1.82, 2.24) is 0 Å². The summed E-state index contributed by atoms with van der Waals surface area (Å²) in [4.78, 5) is 3.77. The molecule has 2 aliphatic rings. The summed E-state index contributed by atoms with van der Waals surface area (Å²) < 4.78 is 66.7. The minimum Gasteiger partial charge on any atom is -0.493 e. The molecule has 1 heterocycles. The van der Waals surface area contributed by atoms with Gasteiger partial charge in [0.15, 0.2) is 22.8 Å². The average Bonchev–Trinajstić information content (AvgIpc) is 3.48. The molecule has 1 unspecified atom stereocenters. The molecule has 5 aromatic rings. The highest BCUT2D eigenvalue weighted by molar-refractivity contribution is 6.61. The smallest absolute Gasteiger partial charge is 0.493 e. The van der Waals surface area contributed by atoms with Crippen molar-refractivity contribution in [3.8, 4) is 34.1 Å². The Morgan fingerprint density at radius 1 is 0.701 bits per heavy atom. The van der Waals surface area contributed by atoms with Gasteiger partial charge in [-0.3, -0.25) is 0 Å². The Labute approximate surface area is 398 Å². The molecule has 0 N–H and O–H groups in total. The predicted octanol–water partition coefficient (Wildman–Crippen LogP) is 14.2. The van der Waals surface area contributed by atoms with E-state index in [0.29, 0.717) is 54.4 Å². The van der Waals surface area contributed by atoms with E-state index in [1.54, 1.807) is 26.4 Å². The third kappa shape index (κ3) is 10.4. The molecule has 11 heteroatoms. The molecule has 0 bridgehead atoms. The number of halogens is 1. The summed E-state index contributed by atoms with van der Waals surface area (Å²) in [6, 6.07) is 24.8. The van der Waals surface area contributed by atoms with Crippen LogP contribution in [0, 0.1) is 12.4 Å². The summed E-state index contributed by atoms with van der Waals surface area (Å²) in [5.74, 6) is 2.13. The summed E-state index contributed by atoms with van der Waals surface area (Å²) in [7, 11) is 0.0542. The van der Waals surface area contributed by atoms with Crippen LogP contribution in [0.25, 0.3) is 32.8 Å². The first kappa shape index (κ1) is 49.7. The highest BCUT2D eigenvalue weighted by Gasteiger charge is 2.51. The molecule has 0 amide bonds. The first-order valence-electron chi connectivity index (χ1n) is 23.1. The molecule has 356 valence electrons. The lowest BCUT2D eigenvalue weighted by Gasteiger charge is -2.44. The summed E-state index contributed by atoms with van der Waals surface area (Å²) in [5.41, 5.74) is 3.83.